The Bertz CT molecular complexity index is 687. The Hall–Kier alpha value is -2.01. The fourth-order valence-corrected chi connectivity index (χ4v) is 2.77. The predicted octanol–water partition coefficient (Wildman–Crippen LogP) is 3.41. The molecule has 0 saturated carbocycles. The Kier molecular flexibility index (Phi) is 3.84. The first-order valence-electron chi connectivity index (χ1n) is 6.66. The number of para-hydroxylation sites is 1. The zero-order chi connectivity index (χ0) is 14.8. The summed E-state index contributed by atoms with van der Waals surface area (Å²) < 4.78 is 6.30. The van der Waals surface area contributed by atoms with Gasteiger partial charge in [-0.25, -0.2) is 0 Å². The molecule has 2 aromatic carbocycles. The van der Waals surface area contributed by atoms with Gasteiger partial charge >= 0.3 is 0 Å². The van der Waals surface area contributed by atoms with E-state index in [1.165, 1.54) is 6.07 Å². The number of carbonyl (C=O) groups is 1. The van der Waals surface area contributed by atoms with Crippen molar-refractivity contribution in [3.63, 3.8) is 0 Å². The normalized spacial score (nSPS) is 16.7. The summed E-state index contributed by atoms with van der Waals surface area (Å²) in [5, 5.41) is 12.8. The van der Waals surface area contributed by atoms with Crippen LogP contribution >= 0.6 is 15.9 Å². The molecule has 1 atom stereocenters. The Morgan fingerprint density at radius 3 is 2.90 bits per heavy atom. The van der Waals surface area contributed by atoms with Crippen LogP contribution in [0.15, 0.2) is 46.9 Å². The second-order valence-electron chi connectivity index (χ2n) is 4.86. The molecule has 2 aromatic rings. The fourth-order valence-electron chi connectivity index (χ4n) is 2.42. The van der Waals surface area contributed by atoms with Crippen molar-refractivity contribution >= 4 is 21.8 Å². The summed E-state index contributed by atoms with van der Waals surface area (Å²) in [7, 11) is 0. The van der Waals surface area contributed by atoms with Crippen LogP contribution in [0.4, 0.5) is 0 Å². The summed E-state index contributed by atoms with van der Waals surface area (Å²) in [6, 6.07) is 12.4. The monoisotopic (exact) mass is 347 g/mol. The molecule has 2 N–H and O–H groups in total. The number of phenolic OH excluding ortho intramolecular Hbond substituents is 1. The molecule has 21 heavy (non-hydrogen) atoms. The van der Waals surface area contributed by atoms with E-state index < -0.39 is 0 Å². The van der Waals surface area contributed by atoms with Gasteiger partial charge in [-0.2, -0.15) is 0 Å². The lowest BCUT2D eigenvalue weighted by Gasteiger charge is -2.26. The van der Waals surface area contributed by atoms with Crippen LogP contribution in [0.2, 0.25) is 0 Å². The summed E-state index contributed by atoms with van der Waals surface area (Å²) in [5.41, 5.74) is 1.23. The van der Waals surface area contributed by atoms with E-state index >= 15 is 0 Å². The molecular formula is C16H14BrNO3. The van der Waals surface area contributed by atoms with Gasteiger partial charge in [-0.3, -0.25) is 4.79 Å². The van der Waals surface area contributed by atoms with Gasteiger partial charge in [-0.1, -0.05) is 34.1 Å². The van der Waals surface area contributed by atoms with Gasteiger partial charge in [0.15, 0.2) is 0 Å². The Morgan fingerprint density at radius 2 is 2.10 bits per heavy atom. The van der Waals surface area contributed by atoms with Gasteiger partial charge in [0.2, 0.25) is 0 Å². The second-order valence-corrected chi connectivity index (χ2v) is 5.78. The number of ether oxygens (including phenoxy) is 1. The lowest BCUT2D eigenvalue weighted by Crippen LogP contribution is -2.32. The molecule has 0 aliphatic carbocycles. The summed E-state index contributed by atoms with van der Waals surface area (Å²) in [6.07, 6.45) is 0.708. The Labute approximate surface area is 130 Å². The summed E-state index contributed by atoms with van der Waals surface area (Å²) in [6.45, 7) is 0.564. The van der Waals surface area contributed by atoms with Gasteiger partial charge in [0.25, 0.3) is 5.91 Å². The summed E-state index contributed by atoms with van der Waals surface area (Å²) in [4.78, 5) is 12.3. The second kappa shape index (κ2) is 5.77. The van der Waals surface area contributed by atoms with Gasteiger partial charge in [0.05, 0.1) is 18.2 Å². The number of amides is 1. The van der Waals surface area contributed by atoms with Crippen LogP contribution in [0, 0.1) is 0 Å². The maximum Gasteiger partial charge on any atom is 0.255 e. The summed E-state index contributed by atoms with van der Waals surface area (Å²) >= 11 is 3.26. The van der Waals surface area contributed by atoms with Crippen LogP contribution in [0.1, 0.15) is 28.4 Å². The maximum atomic E-state index is 12.3. The van der Waals surface area contributed by atoms with Gasteiger partial charge in [-0.05, 0) is 24.3 Å². The first kappa shape index (κ1) is 13.9. The number of benzene rings is 2. The first-order chi connectivity index (χ1) is 10.1. The fraction of sp³-hybridized carbons (Fsp3) is 0.188. The predicted molar refractivity (Wildman–Crippen MR) is 82.6 cm³/mol. The van der Waals surface area contributed by atoms with Crippen LogP contribution in [-0.4, -0.2) is 17.6 Å². The third kappa shape index (κ3) is 2.88. The molecule has 4 nitrogen and oxygen atoms in total. The van der Waals surface area contributed by atoms with Crippen molar-refractivity contribution in [3.8, 4) is 11.5 Å². The minimum Gasteiger partial charge on any atom is -0.507 e. The molecule has 1 heterocycles. The highest BCUT2D eigenvalue weighted by atomic mass is 79.9. The number of rotatable bonds is 2. The van der Waals surface area contributed by atoms with Crippen molar-refractivity contribution < 1.29 is 14.6 Å². The van der Waals surface area contributed by atoms with Crippen LogP contribution in [0.5, 0.6) is 11.5 Å². The first-order valence-corrected chi connectivity index (χ1v) is 7.45. The molecule has 1 amide bonds. The third-order valence-corrected chi connectivity index (χ3v) is 3.96. The topological polar surface area (TPSA) is 58.6 Å². The number of aromatic hydroxyl groups is 1. The Morgan fingerprint density at radius 1 is 1.29 bits per heavy atom. The van der Waals surface area contributed by atoms with Crippen LogP contribution in [0.25, 0.3) is 0 Å². The standard InChI is InChI=1S/C16H14BrNO3/c17-10-5-6-12(14(19)9-10)16(20)18-13-7-8-21-15-4-2-1-3-11(13)15/h1-6,9,13,19H,7-8H2,(H,18,20). The Balaban J connectivity index is 1.83. The van der Waals surface area contributed by atoms with Gasteiger partial charge in [0, 0.05) is 16.5 Å². The van der Waals surface area contributed by atoms with Crippen LogP contribution in [0.3, 0.4) is 0 Å². The molecule has 0 fully saturated rings. The number of carbonyl (C=O) groups excluding carboxylic acids is 1. The highest BCUT2D eigenvalue weighted by Crippen LogP contribution is 2.32. The molecule has 0 saturated heterocycles. The van der Waals surface area contributed by atoms with Crippen LogP contribution < -0.4 is 10.1 Å². The van der Waals surface area contributed by atoms with E-state index in [0.717, 1.165) is 15.8 Å². The van der Waals surface area contributed by atoms with E-state index in [2.05, 4.69) is 21.2 Å². The summed E-state index contributed by atoms with van der Waals surface area (Å²) in [5.74, 6) is 0.470. The van der Waals surface area contributed by atoms with Crippen molar-refractivity contribution in [2.45, 2.75) is 12.5 Å². The van der Waals surface area contributed by atoms with Crippen molar-refractivity contribution in [2.75, 3.05) is 6.61 Å². The van der Waals surface area contributed by atoms with E-state index in [1.54, 1.807) is 12.1 Å². The van der Waals surface area contributed by atoms with Gasteiger partial charge < -0.3 is 15.2 Å². The molecular weight excluding hydrogens is 334 g/mol. The molecule has 1 aliphatic rings. The van der Waals surface area contributed by atoms with Gasteiger partial charge in [0.1, 0.15) is 11.5 Å². The van der Waals surface area contributed by atoms with E-state index in [9.17, 15) is 9.90 Å². The van der Waals surface area contributed by atoms with Gasteiger partial charge in [-0.15, -0.1) is 0 Å². The molecule has 108 valence electrons. The lowest BCUT2D eigenvalue weighted by atomic mass is 10.00. The van der Waals surface area contributed by atoms with Crippen molar-refractivity contribution in [1.82, 2.24) is 5.32 Å². The molecule has 0 radical (unpaired) electrons. The molecule has 5 heteroatoms. The molecule has 0 bridgehead atoms. The smallest absolute Gasteiger partial charge is 0.255 e. The number of hydrogen-bond acceptors (Lipinski definition) is 3. The van der Waals surface area contributed by atoms with E-state index in [-0.39, 0.29) is 23.3 Å². The van der Waals surface area contributed by atoms with E-state index in [0.29, 0.717) is 13.0 Å². The molecule has 3 rings (SSSR count). The largest absolute Gasteiger partial charge is 0.507 e. The molecule has 0 spiro atoms. The van der Waals surface area contributed by atoms with E-state index in [4.69, 9.17) is 4.74 Å². The van der Waals surface area contributed by atoms with Crippen LogP contribution in [-0.2, 0) is 0 Å². The number of phenols is 1. The minimum atomic E-state index is -0.290. The third-order valence-electron chi connectivity index (χ3n) is 3.47. The highest BCUT2D eigenvalue weighted by molar-refractivity contribution is 9.10. The van der Waals surface area contributed by atoms with Crippen molar-refractivity contribution in [3.05, 3.63) is 58.1 Å². The SMILES string of the molecule is O=C(NC1CCOc2ccccc21)c1ccc(Br)cc1O. The number of hydrogen-bond donors (Lipinski definition) is 2. The molecule has 1 unspecified atom stereocenters. The zero-order valence-electron chi connectivity index (χ0n) is 11.2. The number of halogens is 1. The molecule has 1 aliphatic heterocycles. The zero-order valence-corrected chi connectivity index (χ0v) is 12.8. The van der Waals surface area contributed by atoms with Crippen molar-refractivity contribution in [1.29, 1.82) is 0 Å². The van der Waals surface area contributed by atoms with E-state index in [1.807, 2.05) is 24.3 Å². The maximum absolute atomic E-state index is 12.3. The average Bonchev–Trinajstić information content (AvgIpc) is 2.47. The number of fused-ring (bicyclic) bond motifs is 1. The highest BCUT2D eigenvalue weighted by Gasteiger charge is 2.23. The van der Waals surface area contributed by atoms with Crippen molar-refractivity contribution in [2.24, 2.45) is 0 Å². The average molecular weight is 348 g/mol. The lowest BCUT2D eigenvalue weighted by molar-refractivity contribution is 0.0922. The quantitative estimate of drug-likeness (QED) is 0.875. The molecule has 0 aromatic heterocycles. The number of nitrogens with one attached hydrogen (secondary N) is 1. The minimum absolute atomic E-state index is 0.0396.